The van der Waals surface area contributed by atoms with Gasteiger partial charge in [-0.3, -0.25) is 19.9 Å². The molecule has 1 fully saturated rings. The van der Waals surface area contributed by atoms with Gasteiger partial charge in [0.1, 0.15) is 34.7 Å². The molecule has 1 N–H and O–H groups in total. The molecule has 0 atom stereocenters. The van der Waals surface area contributed by atoms with Gasteiger partial charge in [0.2, 0.25) is 0 Å². The van der Waals surface area contributed by atoms with Crippen molar-refractivity contribution in [3.8, 4) is 11.8 Å². The minimum atomic E-state index is -0.482. The van der Waals surface area contributed by atoms with E-state index in [1.165, 1.54) is 17.2 Å². The Morgan fingerprint density at radius 1 is 1.39 bits per heavy atom. The minimum Gasteiger partial charge on any atom is -0.489 e. The maximum absolute atomic E-state index is 12.7. The van der Waals surface area contributed by atoms with Crippen molar-refractivity contribution in [2.75, 3.05) is 30.4 Å². The fraction of sp³-hybridized carbons (Fsp3) is 0.409. The molecule has 0 spiro atoms. The zero-order chi connectivity index (χ0) is 22.4. The number of amides is 2. The number of aromatic nitrogens is 2. The van der Waals surface area contributed by atoms with Gasteiger partial charge in [0, 0.05) is 19.7 Å². The fourth-order valence-electron chi connectivity index (χ4n) is 3.34. The van der Waals surface area contributed by atoms with Crippen LogP contribution in [0.5, 0.6) is 5.75 Å². The van der Waals surface area contributed by atoms with E-state index in [-0.39, 0.29) is 17.5 Å². The Kier molecular flexibility index (Phi) is 7.15. The third-order valence-electron chi connectivity index (χ3n) is 4.93. The largest absolute Gasteiger partial charge is 0.489 e. The van der Waals surface area contributed by atoms with Crippen LogP contribution in [0.25, 0.3) is 0 Å². The van der Waals surface area contributed by atoms with Crippen LogP contribution < -0.4 is 15.0 Å². The molecule has 3 heterocycles. The number of nitriles is 1. The number of hydrogen-bond donors (Lipinski definition) is 1. The van der Waals surface area contributed by atoms with E-state index >= 15 is 0 Å². The highest BCUT2D eigenvalue weighted by atomic mass is 16.5. The first-order valence-electron chi connectivity index (χ1n) is 10.2. The molecule has 2 aromatic rings. The third kappa shape index (κ3) is 5.55. The van der Waals surface area contributed by atoms with Crippen molar-refractivity contribution in [1.82, 2.24) is 14.9 Å². The Hall–Kier alpha value is -3.51. The molecular weight excluding hydrogens is 396 g/mol. The molecule has 1 aliphatic rings. The van der Waals surface area contributed by atoms with E-state index < -0.39 is 6.03 Å². The molecule has 1 aliphatic heterocycles. The summed E-state index contributed by atoms with van der Waals surface area (Å²) in [6, 6.07) is 6.60. The molecule has 0 saturated carbocycles. The molecule has 31 heavy (non-hydrogen) atoms. The number of ether oxygens (including phenoxy) is 1. The number of rotatable bonds is 7. The van der Waals surface area contributed by atoms with Gasteiger partial charge < -0.3 is 4.74 Å². The lowest BCUT2D eigenvalue weighted by Crippen LogP contribution is -2.32. The molecule has 162 valence electrons. The van der Waals surface area contributed by atoms with Crippen molar-refractivity contribution in [3.63, 3.8) is 0 Å². The summed E-state index contributed by atoms with van der Waals surface area (Å²) >= 11 is 0. The maximum Gasteiger partial charge on any atom is 0.328 e. The van der Waals surface area contributed by atoms with Crippen LogP contribution in [0.4, 0.5) is 16.4 Å². The Bertz CT molecular complexity index is 995. The molecular formula is C22H26N6O3. The van der Waals surface area contributed by atoms with Gasteiger partial charge in [0.15, 0.2) is 6.29 Å². The van der Waals surface area contributed by atoms with Gasteiger partial charge in [-0.15, -0.1) is 0 Å². The van der Waals surface area contributed by atoms with Crippen molar-refractivity contribution in [2.45, 2.75) is 39.3 Å². The average Bonchev–Trinajstić information content (AvgIpc) is 3.26. The molecule has 9 nitrogen and oxygen atoms in total. The summed E-state index contributed by atoms with van der Waals surface area (Å²) in [5.41, 5.74) is 1.46. The summed E-state index contributed by atoms with van der Waals surface area (Å²) in [6.45, 7) is 6.39. The second kappa shape index (κ2) is 10.00. The number of hydrogen-bond acceptors (Lipinski definition) is 7. The van der Waals surface area contributed by atoms with Gasteiger partial charge in [0.05, 0.1) is 12.3 Å². The Morgan fingerprint density at radius 3 is 2.77 bits per heavy atom. The summed E-state index contributed by atoms with van der Waals surface area (Å²) in [5.74, 6) is 0.933. The lowest BCUT2D eigenvalue weighted by molar-refractivity contribution is 0.111. The third-order valence-corrected chi connectivity index (χ3v) is 4.93. The average molecular weight is 422 g/mol. The van der Waals surface area contributed by atoms with Crippen LogP contribution in [0.15, 0.2) is 24.4 Å². The van der Waals surface area contributed by atoms with E-state index in [1.807, 2.05) is 26.0 Å². The molecule has 2 aromatic heterocycles. The molecule has 0 aliphatic carbocycles. The number of nitrogens with one attached hydrogen (secondary N) is 1. The standard InChI is InChI=1S/C22H26N6O3/c1-15(2)31-19-10-20(24-12-17(19)11-23)26-22(30)27(3)21-7-6-16(18(14-29)25-21)13-28-8-4-5-9-28/h6-7,10,12,14-15H,4-5,8-9,13H2,1-3H3,(H,24,26,30). The second-order valence-corrected chi connectivity index (χ2v) is 7.65. The van der Waals surface area contributed by atoms with E-state index in [0.29, 0.717) is 23.8 Å². The minimum absolute atomic E-state index is 0.134. The van der Waals surface area contributed by atoms with Crippen LogP contribution in [0.1, 0.15) is 48.3 Å². The van der Waals surface area contributed by atoms with Gasteiger partial charge in [0.25, 0.3) is 0 Å². The number of aldehydes is 1. The smallest absolute Gasteiger partial charge is 0.328 e. The molecule has 0 bridgehead atoms. The van der Waals surface area contributed by atoms with Crippen LogP contribution in [0.2, 0.25) is 0 Å². The molecule has 3 rings (SSSR count). The van der Waals surface area contributed by atoms with Crippen molar-refractivity contribution in [1.29, 1.82) is 5.26 Å². The number of pyridine rings is 2. The SMILES string of the molecule is CC(C)Oc1cc(NC(=O)N(C)c2ccc(CN3CCCC3)c(C=O)n2)ncc1C#N. The number of nitrogens with zero attached hydrogens (tertiary/aromatic N) is 5. The predicted molar refractivity (Wildman–Crippen MR) is 116 cm³/mol. The highest BCUT2D eigenvalue weighted by molar-refractivity contribution is 6.00. The quantitative estimate of drug-likeness (QED) is 0.682. The first-order chi connectivity index (χ1) is 14.9. The van der Waals surface area contributed by atoms with Crippen LogP contribution >= 0.6 is 0 Å². The van der Waals surface area contributed by atoms with Gasteiger partial charge in [-0.25, -0.2) is 14.8 Å². The number of anilines is 2. The number of likely N-dealkylation sites (tertiary alicyclic amines) is 1. The molecule has 0 unspecified atom stereocenters. The van der Waals surface area contributed by atoms with Crippen LogP contribution in [-0.4, -0.2) is 53.4 Å². The van der Waals surface area contributed by atoms with Crippen LogP contribution in [0, 0.1) is 11.3 Å². The number of urea groups is 1. The summed E-state index contributed by atoms with van der Waals surface area (Å²) in [7, 11) is 1.56. The predicted octanol–water partition coefficient (Wildman–Crippen LogP) is 3.21. The zero-order valence-electron chi connectivity index (χ0n) is 18.0. The molecule has 9 heteroatoms. The van der Waals surface area contributed by atoms with Crippen molar-refractivity contribution in [2.24, 2.45) is 0 Å². The Balaban J connectivity index is 1.73. The van der Waals surface area contributed by atoms with Gasteiger partial charge in [-0.05, 0) is 51.4 Å². The zero-order valence-corrected chi connectivity index (χ0v) is 18.0. The first kappa shape index (κ1) is 22.2. The first-order valence-corrected chi connectivity index (χ1v) is 10.2. The summed E-state index contributed by atoms with van der Waals surface area (Å²) < 4.78 is 5.62. The summed E-state index contributed by atoms with van der Waals surface area (Å²) in [5, 5.41) is 11.9. The highest BCUT2D eigenvalue weighted by Crippen LogP contribution is 2.23. The Labute approximate surface area is 181 Å². The van der Waals surface area contributed by atoms with Crippen LogP contribution in [0.3, 0.4) is 0 Å². The van der Waals surface area contributed by atoms with E-state index in [4.69, 9.17) is 4.74 Å². The topological polar surface area (TPSA) is 111 Å². The molecule has 1 saturated heterocycles. The van der Waals surface area contributed by atoms with E-state index in [2.05, 4.69) is 20.2 Å². The van der Waals surface area contributed by atoms with E-state index in [0.717, 1.165) is 37.8 Å². The monoisotopic (exact) mass is 422 g/mol. The lowest BCUT2D eigenvalue weighted by Gasteiger charge is -2.20. The second-order valence-electron chi connectivity index (χ2n) is 7.65. The normalized spacial score (nSPS) is 13.6. The molecule has 0 aromatic carbocycles. The number of carbonyl (C=O) groups excluding carboxylic acids is 2. The van der Waals surface area contributed by atoms with Gasteiger partial charge in [-0.2, -0.15) is 5.26 Å². The van der Waals surface area contributed by atoms with E-state index in [9.17, 15) is 14.9 Å². The molecule has 2 amide bonds. The van der Waals surface area contributed by atoms with Gasteiger partial charge in [-0.1, -0.05) is 6.07 Å². The van der Waals surface area contributed by atoms with Crippen molar-refractivity contribution >= 4 is 24.0 Å². The summed E-state index contributed by atoms with van der Waals surface area (Å²) in [6.07, 6.45) is 4.27. The van der Waals surface area contributed by atoms with Gasteiger partial charge >= 0.3 is 6.03 Å². The van der Waals surface area contributed by atoms with Crippen molar-refractivity contribution < 1.29 is 14.3 Å². The number of carbonyl (C=O) groups is 2. The maximum atomic E-state index is 12.7. The Morgan fingerprint density at radius 2 is 2.13 bits per heavy atom. The van der Waals surface area contributed by atoms with Crippen molar-refractivity contribution in [3.05, 3.63) is 41.2 Å². The summed E-state index contributed by atoms with van der Waals surface area (Å²) in [4.78, 5) is 36.3. The lowest BCUT2D eigenvalue weighted by atomic mass is 10.2. The fourth-order valence-corrected chi connectivity index (χ4v) is 3.34. The highest BCUT2D eigenvalue weighted by Gasteiger charge is 2.18. The molecule has 0 radical (unpaired) electrons. The van der Waals surface area contributed by atoms with E-state index in [1.54, 1.807) is 13.1 Å². The van der Waals surface area contributed by atoms with Crippen LogP contribution in [-0.2, 0) is 6.54 Å².